The second-order valence-electron chi connectivity index (χ2n) is 8.38. The third kappa shape index (κ3) is 4.79. The number of benzene rings is 2. The van der Waals surface area contributed by atoms with Crippen molar-refractivity contribution < 1.29 is 23.8 Å². The molecule has 0 fully saturated rings. The van der Waals surface area contributed by atoms with Gasteiger partial charge in [0.2, 0.25) is 0 Å². The van der Waals surface area contributed by atoms with E-state index in [4.69, 9.17) is 14.2 Å². The van der Waals surface area contributed by atoms with Gasteiger partial charge in [0.25, 0.3) is 0 Å². The molecule has 0 aliphatic heterocycles. The zero-order chi connectivity index (χ0) is 22.9. The number of thiophene rings is 2. The summed E-state index contributed by atoms with van der Waals surface area (Å²) < 4.78 is 19.0. The van der Waals surface area contributed by atoms with Crippen molar-refractivity contribution in [1.29, 1.82) is 0 Å². The van der Waals surface area contributed by atoms with E-state index in [-0.39, 0.29) is 6.61 Å². The quantitative estimate of drug-likeness (QED) is 0.315. The van der Waals surface area contributed by atoms with Crippen LogP contribution in [0, 0.1) is 0 Å². The van der Waals surface area contributed by atoms with Gasteiger partial charge in [-0.3, -0.25) is 0 Å². The Balaban J connectivity index is 1.69. The van der Waals surface area contributed by atoms with Crippen LogP contribution in [-0.4, -0.2) is 31.3 Å². The van der Waals surface area contributed by atoms with Crippen molar-refractivity contribution >= 4 is 54.1 Å². The zero-order valence-corrected chi connectivity index (χ0v) is 20.0. The molecular weight excluding hydrogens is 444 g/mol. The maximum absolute atomic E-state index is 12.4. The van der Waals surface area contributed by atoms with Gasteiger partial charge in [0.05, 0.1) is 16.5 Å². The van der Waals surface area contributed by atoms with E-state index in [9.17, 15) is 9.59 Å². The molecule has 0 saturated heterocycles. The number of fused-ring (bicyclic) bond motifs is 3. The molecule has 0 N–H and O–H groups in total. The normalized spacial score (nSPS) is 11.6. The molecule has 2 heterocycles. The van der Waals surface area contributed by atoms with E-state index in [0.717, 1.165) is 25.9 Å². The highest BCUT2D eigenvalue weighted by atomic mass is 32.1. The lowest BCUT2D eigenvalue weighted by atomic mass is 10.0. The fourth-order valence-electron chi connectivity index (χ4n) is 3.42. The van der Waals surface area contributed by atoms with Crippen LogP contribution in [0.25, 0.3) is 19.5 Å². The number of carbonyl (C=O) groups excluding carboxylic acids is 2. The number of carbonyl (C=O) groups is 2. The molecule has 2 aromatic heterocycles. The largest absolute Gasteiger partial charge is 0.479 e. The van der Waals surface area contributed by atoms with E-state index in [1.165, 1.54) is 29.6 Å². The van der Waals surface area contributed by atoms with Crippen molar-refractivity contribution in [2.45, 2.75) is 32.8 Å². The molecule has 4 aromatic rings. The van der Waals surface area contributed by atoms with Crippen LogP contribution < -0.4 is 4.74 Å². The minimum Gasteiger partial charge on any atom is -0.479 e. The first-order valence-electron chi connectivity index (χ1n) is 10.2. The van der Waals surface area contributed by atoms with E-state index in [1.54, 1.807) is 32.1 Å². The fourth-order valence-corrected chi connectivity index (χ4v) is 6.07. The Labute approximate surface area is 194 Å². The number of hydrogen-bond donors (Lipinski definition) is 0. The summed E-state index contributed by atoms with van der Waals surface area (Å²) in [5, 5.41) is 1.06. The molecule has 166 valence electrons. The second-order valence-corrected chi connectivity index (χ2v) is 10.5. The van der Waals surface area contributed by atoms with Crippen LogP contribution in [0.15, 0.2) is 48.5 Å². The molecule has 2 aromatic carbocycles. The minimum absolute atomic E-state index is 0.277. The molecule has 4 rings (SSSR count). The Morgan fingerprint density at radius 3 is 2.38 bits per heavy atom. The molecular formula is C25H24O5S2. The predicted molar refractivity (Wildman–Crippen MR) is 129 cm³/mol. The maximum atomic E-state index is 12.4. The lowest BCUT2D eigenvalue weighted by molar-refractivity contribution is -0.157. The van der Waals surface area contributed by atoms with Gasteiger partial charge in [-0.05, 0) is 44.4 Å². The summed E-state index contributed by atoms with van der Waals surface area (Å²) in [5.74, 6) is -0.584. The first-order valence-corrected chi connectivity index (χ1v) is 11.8. The summed E-state index contributed by atoms with van der Waals surface area (Å²) >= 11 is 2.88. The summed E-state index contributed by atoms with van der Waals surface area (Å²) in [7, 11) is 1.34. The molecule has 7 heteroatoms. The Hall–Kier alpha value is -2.90. The van der Waals surface area contributed by atoms with Crippen LogP contribution in [0.5, 0.6) is 5.75 Å². The number of ether oxygens (including phenoxy) is 3. The number of methoxy groups -OCH3 is 1. The van der Waals surface area contributed by atoms with Crippen LogP contribution in [0.1, 0.15) is 41.6 Å². The molecule has 32 heavy (non-hydrogen) atoms. The number of rotatable bonds is 6. The number of esters is 2. The van der Waals surface area contributed by atoms with Gasteiger partial charge < -0.3 is 14.2 Å². The average molecular weight is 469 g/mol. The van der Waals surface area contributed by atoms with Gasteiger partial charge in [0.15, 0.2) is 17.2 Å². The Bertz CT molecular complexity index is 1280. The van der Waals surface area contributed by atoms with Crippen LogP contribution in [0.3, 0.4) is 0 Å². The van der Waals surface area contributed by atoms with Crippen molar-refractivity contribution in [3.05, 3.63) is 64.5 Å². The van der Waals surface area contributed by atoms with Crippen molar-refractivity contribution in [1.82, 2.24) is 0 Å². The minimum atomic E-state index is -0.609. The van der Waals surface area contributed by atoms with Crippen molar-refractivity contribution in [3.63, 3.8) is 0 Å². The van der Waals surface area contributed by atoms with Crippen molar-refractivity contribution in [2.24, 2.45) is 0 Å². The molecule has 0 unspecified atom stereocenters. The number of hydrogen-bond acceptors (Lipinski definition) is 7. The van der Waals surface area contributed by atoms with Crippen LogP contribution in [0.2, 0.25) is 0 Å². The Kier molecular flexibility index (Phi) is 6.22. The van der Waals surface area contributed by atoms with Crippen LogP contribution in [0.4, 0.5) is 0 Å². The molecule has 0 radical (unpaired) electrons. The highest BCUT2D eigenvalue weighted by molar-refractivity contribution is 7.34. The topological polar surface area (TPSA) is 61.8 Å². The van der Waals surface area contributed by atoms with Crippen LogP contribution >= 0.6 is 22.7 Å². The molecule has 0 atom stereocenters. The van der Waals surface area contributed by atoms with Gasteiger partial charge in [0, 0.05) is 10.1 Å². The van der Waals surface area contributed by atoms with Crippen LogP contribution in [-0.2, 0) is 20.7 Å². The average Bonchev–Trinajstić information content (AvgIpc) is 3.26. The predicted octanol–water partition coefficient (Wildman–Crippen LogP) is 6.21. The van der Waals surface area contributed by atoms with E-state index >= 15 is 0 Å². The highest BCUT2D eigenvalue weighted by Gasteiger charge is 2.25. The molecule has 0 aliphatic rings. The smallest absolute Gasteiger partial charge is 0.351 e. The Morgan fingerprint density at radius 2 is 1.69 bits per heavy atom. The van der Waals surface area contributed by atoms with Gasteiger partial charge in [-0.2, -0.15) is 0 Å². The van der Waals surface area contributed by atoms with Gasteiger partial charge in [0.1, 0.15) is 5.60 Å². The van der Waals surface area contributed by atoms with Gasteiger partial charge in [-0.25, -0.2) is 9.59 Å². The lowest BCUT2D eigenvalue weighted by Crippen LogP contribution is -2.27. The summed E-state index contributed by atoms with van der Waals surface area (Å²) in [4.78, 5) is 24.9. The van der Waals surface area contributed by atoms with Gasteiger partial charge in [-0.15, -0.1) is 22.7 Å². The Morgan fingerprint density at radius 1 is 0.938 bits per heavy atom. The SMILES string of the molecule is COC(=O)c1sc2c(sc3cc(Cc4ccccc4)ccc32)c1OCC(=O)OC(C)(C)C. The molecule has 0 saturated carbocycles. The van der Waals surface area contributed by atoms with Gasteiger partial charge >= 0.3 is 11.9 Å². The van der Waals surface area contributed by atoms with Crippen molar-refractivity contribution in [3.8, 4) is 5.75 Å². The summed E-state index contributed by atoms with van der Waals surface area (Å²) in [5.41, 5.74) is 1.85. The third-order valence-corrected chi connectivity index (χ3v) is 7.17. The first kappa shape index (κ1) is 22.3. The van der Waals surface area contributed by atoms with Crippen molar-refractivity contribution in [2.75, 3.05) is 13.7 Å². The summed E-state index contributed by atoms with van der Waals surface area (Å²) in [6.07, 6.45) is 0.845. The zero-order valence-electron chi connectivity index (χ0n) is 18.4. The van der Waals surface area contributed by atoms with E-state index in [2.05, 4.69) is 30.3 Å². The lowest BCUT2D eigenvalue weighted by Gasteiger charge is -2.19. The molecule has 0 amide bonds. The molecule has 0 spiro atoms. The summed E-state index contributed by atoms with van der Waals surface area (Å²) in [6, 6.07) is 16.7. The van der Waals surface area contributed by atoms with Gasteiger partial charge in [-0.1, -0.05) is 42.5 Å². The molecule has 5 nitrogen and oxygen atoms in total. The highest BCUT2D eigenvalue weighted by Crippen LogP contribution is 2.47. The standard InChI is InChI=1S/C25H24O5S2/c1-25(2,3)30-19(26)14-29-20-22-21(32-23(20)24(27)28-4)17-11-10-16(13-18(17)31-22)12-15-8-6-5-7-9-15/h5-11,13H,12,14H2,1-4H3. The summed E-state index contributed by atoms with van der Waals surface area (Å²) in [6.45, 7) is 5.12. The second kappa shape index (κ2) is 8.92. The van der Waals surface area contributed by atoms with E-state index in [1.807, 2.05) is 18.2 Å². The maximum Gasteiger partial charge on any atom is 0.351 e. The monoisotopic (exact) mass is 468 g/mol. The molecule has 0 bridgehead atoms. The van der Waals surface area contributed by atoms with E-state index in [0.29, 0.717) is 10.6 Å². The fraction of sp³-hybridized carbons (Fsp3) is 0.280. The first-order chi connectivity index (χ1) is 15.2. The molecule has 0 aliphatic carbocycles. The third-order valence-electron chi connectivity index (χ3n) is 4.70. The van der Waals surface area contributed by atoms with E-state index < -0.39 is 17.5 Å².